The highest BCUT2D eigenvalue weighted by Gasteiger charge is 2.24. The van der Waals surface area contributed by atoms with Gasteiger partial charge < -0.3 is 0 Å². The maximum Gasteiger partial charge on any atom is 0.0122 e. The molecule has 0 unspecified atom stereocenters. The summed E-state index contributed by atoms with van der Waals surface area (Å²) in [6, 6.07) is 9.15. The van der Waals surface area contributed by atoms with E-state index in [1.54, 1.807) is 0 Å². The molecule has 0 saturated heterocycles. The van der Waals surface area contributed by atoms with E-state index in [2.05, 4.69) is 105 Å². The van der Waals surface area contributed by atoms with E-state index in [-0.39, 0.29) is 10.2 Å². The number of allylic oxidation sites excluding steroid dienone is 4. The van der Waals surface area contributed by atoms with E-state index < -0.39 is 0 Å². The van der Waals surface area contributed by atoms with Gasteiger partial charge in [-0.25, -0.2) is 0 Å². The van der Waals surface area contributed by atoms with Gasteiger partial charge in [0, 0.05) is 15.1 Å². The van der Waals surface area contributed by atoms with E-state index in [0.29, 0.717) is 5.41 Å². The first kappa shape index (κ1) is 22.1. The molecule has 140 valence electrons. The molecule has 0 heterocycles. The zero-order chi connectivity index (χ0) is 19.3. The summed E-state index contributed by atoms with van der Waals surface area (Å²) in [6.07, 6.45) is 9.12. The van der Waals surface area contributed by atoms with Crippen LogP contribution in [0.2, 0.25) is 0 Å². The second-order valence-electron chi connectivity index (χ2n) is 9.62. The van der Waals surface area contributed by atoms with Crippen molar-refractivity contribution in [1.29, 1.82) is 0 Å². The van der Waals surface area contributed by atoms with Crippen LogP contribution in [0.5, 0.6) is 0 Å². The second kappa shape index (κ2) is 8.62. The SMILES string of the molecule is C/C=C(\C/C=C\CC(C)(C)C)C(C)(C)c1ccc(SC(C)(C)C)cc1. The summed E-state index contributed by atoms with van der Waals surface area (Å²) in [5, 5.41) is 0. The minimum atomic E-state index is 0.0613. The maximum absolute atomic E-state index is 2.34. The Bertz CT molecular complexity index is 586. The van der Waals surface area contributed by atoms with E-state index in [4.69, 9.17) is 0 Å². The lowest BCUT2D eigenvalue weighted by Gasteiger charge is -2.29. The lowest BCUT2D eigenvalue weighted by Crippen LogP contribution is -2.20. The predicted molar refractivity (Wildman–Crippen MR) is 117 cm³/mol. The molecule has 0 fully saturated rings. The highest BCUT2D eigenvalue weighted by Crippen LogP contribution is 2.37. The number of benzene rings is 1. The average molecular weight is 359 g/mol. The molecule has 0 radical (unpaired) electrons. The van der Waals surface area contributed by atoms with Crippen LogP contribution in [0.1, 0.15) is 80.7 Å². The molecule has 0 saturated carbocycles. The summed E-state index contributed by atoms with van der Waals surface area (Å²) in [5.41, 5.74) is 3.30. The molecule has 25 heavy (non-hydrogen) atoms. The third kappa shape index (κ3) is 7.86. The Morgan fingerprint density at radius 3 is 1.88 bits per heavy atom. The van der Waals surface area contributed by atoms with Crippen molar-refractivity contribution in [1.82, 2.24) is 0 Å². The first-order valence-corrected chi connectivity index (χ1v) is 10.3. The van der Waals surface area contributed by atoms with Gasteiger partial charge in [0.1, 0.15) is 0 Å². The summed E-state index contributed by atoms with van der Waals surface area (Å²) >= 11 is 1.93. The molecule has 0 amide bonds. The van der Waals surface area contributed by atoms with Gasteiger partial charge in [-0.2, -0.15) is 0 Å². The molecular formula is C24H38S. The Hall–Kier alpha value is -0.950. The molecular weight excluding hydrogens is 320 g/mol. The fourth-order valence-electron chi connectivity index (χ4n) is 2.86. The van der Waals surface area contributed by atoms with Crippen LogP contribution >= 0.6 is 11.8 Å². The second-order valence-corrected chi connectivity index (χ2v) is 11.5. The smallest absolute Gasteiger partial charge is 0.0122 e. The molecule has 0 nitrogen and oxygen atoms in total. The van der Waals surface area contributed by atoms with Crippen molar-refractivity contribution < 1.29 is 0 Å². The third-order valence-corrected chi connectivity index (χ3v) is 5.51. The highest BCUT2D eigenvalue weighted by molar-refractivity contribution is 8.00. The summed E-state index contributed by atoms with van der Waals surface area (Å²) in [4.78, 5) is 1.35. The van der Waals surface area contributed by atoms with Crippen molar-refractivity contribution in [3.05, 3.63) is 53.6 Å². The topological polar surface area (TPSA) is 0 Å². The molecule has 0 bridgehead atoms. The van der Waals surface area contributed by atoms with E-state index in [1.807, 2.05) is 11.8 Å². The molecule has 0 aliphatic rings. The van der Waals surface area contributed by atoms with Gasteiger partial charge in [-0.15, -0.1) is 11.8 Å². The quantitative estimate of drug-likeness (QED) is 0.365. The fraction of sp³-hybridized carbons (Fsp3) is 0.583. The first-order valence-electron chi connectivity index (χ1n) is 9.45. The molecule has 1 aromatic carbocycles. The Morgan fingerprint density at radius 2 is 1.44 bits per heavy atom. The van der Waals surface area contributed by atoms with Crippen LogP contribution < -0.4 is 0 Å². The molecule has 0 N–H and O–H groups in total. The van der Waals surface area contributed by atoms with Crippen molar-refractivity contribution >= 4 is 11.8 Å². The van der Waals surface area contributed by atoms with E-state index in [0.717, 1.165) is 12.8 Å². The first-order chi connectivity index (χ1) is 11.3. The number of rotatable bonds is 6. The Morgan fingerprint density at radius 1 is 0.880 bits per heavy atom. The summed E-state index contributed by atoms with van der Waals surface area (Å²) < 4.78 is 0.253. The van der Waals surface area contributed by atoms with Gasteiger partial charge in [-0.3, -0.25) is 0 Å². The summed E-state index contributed by atoms with van der Waals surface area (Å²) in [5.74, 6) is 0. The van der Waals surface area contributed by atoms with Crippen molar-refractivity contribution in [2.24, 2.45) is 5.41 Å². The van der Waals surface area contributed by atoms with Crippen molar-refractivity contribution in [3.63, 3.8) is 0 Å². The standard InChI is InChI=1S/C24H38S/c1-10-19(13-11-12-18-22(2,3)4)24(8,9)20-14-16-21(17-15-20)25-23(5,6)7/h10-12,14-17H,13,18H2,1-9H3/b12-11-,19-10+. The summed E-state index contributed by atoms with van der Waals surface area (Å²) in [6.45, 7) is 20.5. The van der Waals surface area contributed by atoms with Crippen molar-refractivity contribution in [3.8, 4) is 0 Å². The minimum absolute atomic E-state index is 0.0613. The van der Waals surface area contributed by atoms with Crippen LogP contribution in [0, 0.1) is 5.41 Å². The van der Waals surface area contributed by atoms with Crippen molar-refractivity contribution in [2.45, 2.75) is 90.2 Å². The minimum Gasteiger partial charge on any atom is -0.120 e. The Labute approximate surface area is 161 Å². The molecule has 1 aromatic rings. The molecule has 0 aromatic heterocycles. The molecule has 1 rings (SSSR count). The number of hydrogen-bond donors (Lipinski definition) is 0. The van der Waals surface area contributed by atoms with Gasteiger partial charge in [0.2, 0.25) is 0 Å². The van der Waals surface area contributed by atoms with Crippen LogP contribution in [0.3, 0.4) is 0 Å². The lowest BCUT2D eigenvalue weighted by atomic mass is 9.76. The number of hydrogen-bond acceptors (Lipinski definition) is 1. The molecule has 0 aliphatic heterocycles. The molecule has 0 aliphatic carbocycles. The van der Waals surface area contributed by atoms with Crippen LogP contribution in [0.25, 0.3) is 0 Å². The molecule has 0 spiro atoms. The zero-order valence-electron chi connectivity index (χ0n) is 17.9. The van der Waals surface area contributed by atoms with E-state index in [9.17, 15) is 0 Å². The zero-order valence-corrected chi connectivity index (χ0v) is 18.7. The average Bonchev–Trinajstić information content (AvgIpc) is 2.44. The van der Waals surface area contributed by atoms with Crippen LogP contribution in [0.4, 0.5) is 0 Å². The highest BCUT2D eigenvalue weighted by atomic mass is 32.2. The van der Waals surface area contributed by atoms with Gasteiger partial charge >= 0.3 is 0 Å². The van der Waals surface area contributed by atoms with Gasteiger partial charge in [0.15, 0.2) is 0 Å². The van der Waals surface area contributed by atoms with Gasteiger partial charge in [0.25, 0.3) is 0 Å². The Kier molecular flexibility index (Phi) is 7.62. The van der Waals surface area contributed by atoms with Gasteiger partial charge in [-0.05, 0) is 42.9 Å². The molecule has 1 heteroatoms. The molecule has 0 atom stereocenters. The fourth-order valence-corrected chi connectivity index (χ4v) is 3.84. The van der Waals surface area contributed by atoms with Crippen molar-refractivity contribution in [2.75, 3.05) is 0 Å². The van der Waals surface area contributed by atoms with Crippen LogP contribution in [0.15, 0.2) is 53.0 Å². The van der Waals surface area contributed by atoms with Crippen LogP contribution in [-0.4, -0.2) is 4.75 Å². The summed E-state index contributed by atoms with van der Waals surface area (Å²) in [7, 11) is 0. The van der Waals surface area contributed by atoms with Crippen LogP contribution in [-0.2, 0) is 5.41 Å². The van der Waals surface area contributed by atoms with Gasteiger partial charge in [0.05, 0.1) is 0 Å². The van der Waals surface area contributed by atoms with E-state index in [1.165, 1.54) is 16.0 Å². The predicted octanol–water partition coefficient (Wildman–Crippen LogP) is 8.18. The lowest BCUT2D eigenvalue weighted by molar-refractivity contribution is 0.420. The monoisotopic (exact) mass is 358 g/mol. The normalized spacial score (nSPS) is 14.4. The maximum atomic E-state index is 2.34. The van der Waals surface area contributed by atoms with Gasteiger partial charge in [-0.1, -0.05) is 91.3 Å². The third-order valence-electron chi connectivity index (χ3n) is 4.39. The largest absolute Gasteiger partial charge is 0.120 e. The number of thioether (sulfide) groups is 1. The van der Waals surface area contributed by atoms with E-state index >= 15 is 0 Å². The Balaban J connectivity index is 2.86.